The number of nitrogens with one attached hydrogen (secondary N) is 1. The number of anilines is 2. The molecule has 2 N–H and O–H groups in total. The third-order valence-electron chi connectivity index (χ3n) is 2.51. The normalized spacial score (nSPS) is 10.3. The molecule has 1 aromatic heterocycles. The molecule has 88 valence electrons. The highest BCUT2D eigenvalue weighted by Gasteiger charge is 2.02. The Labute approximate surface area is 100 Å². The molecule has 1 aromatic carbocycles. The van der Waals surface area contributed by atoms with E-state index in [4.69, 9.17) is 5.11 Å². The van der Waals surface area contributed by atoms with E-state index in [1.165, 1.54) is 5.56 Å². The van der Waals surface area contributed by atoms with Gasteiger partial charge in [0.15, 0.2) is 0 Å². The molecule has 0 bridgehead atoms. The van der Waals surface area contributed by atoms with Gasteiger partial charge in [-0.2, -0.15) is 0 Å². The van der Waals surface area contributed by atoms with Crippen LogP contribution < -0.4 is 5.32 Å². The first-order valence-corrected chi connectivity index (χ1v) is 5.46. The second-order valence-electron chi connectivity index (χ2n) is 3.97. The van der Waals surface area contributed by atoms with Crippen molar-refractivity contribution in [1.29, 1.82) is 0 Å². The summed E-state index contributed by atoms with van der Waals surface area (Å²) in [6, 6.07) is 7.84. The van der Waals surface area contributed by atoms with Crippen LogP contribution in [-0.4, -0.2) is 15.1 Å². The van der Waals surface area contributed by atoms with Gasteiger partial charge in [0.25, 0.3) is 0 Å². The fourth-order valence-corrected chi connectivity index (χ4v) is 1.54. The third-order valence-corrected chi connectivity index (χ3v) is 2.51. The van der Waals surface area contributed by atoms with E-state index in [2.05, 4.69) is 21.4 Å². The van der Waals surface area contributed by atoms with Gasteiger partial charge < -0.3 is 10.4 Å². The molecule has 0 saturated heterocycles. The molecule has 2 rings (SSSR count). The topological polar surface area (TPSA) is 58.0 Å². The maximum Gasteiger partial charge on any atom is 0.227 e. The molecule has 4 nitrogen and oxygen atoms in total. The average Bonchev–Trinajstić information content (AvgIpc) is 2.34. The summed E-state index contributed by atoms with van der Waals surface area (Å²) in [6.45, 7) is 3.98. The monoisotopic (exact) mass is 229 g/mol. The van der Waals surface area contributed by atoms with Gasteiger partial charge in [-0.1, -0.05) is 12.1 Å². The predicted molar refractivity (Wildman–Crippen MR) is 67.2 cm³/mol. The van der Waals surface area contributed by atoms with Crippen LogP contribution in [0, 0.1) is 13.8 Å². The van der Waals surface area contributed by atoms with Crippen LogP contribution in [0.15, 0.2) is 30.5 Å². The van der Waals surface area contributed by atoms with Crippen molar-refractivity contribution in [3.8, 4) is 0 Å². The Morgan fingerprint density at radius 1 is 1.24 bits per heavy atom. The van der Waals surface area contributed by atoms with Gasteiger partial charge in [0.05, 0.1) is 12.3 Å². The molecule has 0 amide bonds. The molecule has 0 saturated carbocycles. The summed E-state index contributed by atoms with van der Waals surface area (Å²) >= 11 is 0. The van der Waals surface area contributed by atoms with Gasteiger partial charge in [0, 0.05) is 11.9 Å². The second-order valence-corrected chi connectivity index (χ2v) is 3.97. The summed E-state index contributed by atoms with van der Waals surface area (Å²) < 4.78 is 0. The van der Waals surface area contributed by atoms with Crippen molar-refractivity contribution in [3.63, 3.8) is 0 Å². The zero-order valence-electron chi connectivity index (χ0n) is 9.94. The number of aliphatic hydroxyl groups is 1. The number of hydrogen-bond acceptors (Lipinski definition) is 4. The van der Waals surface area contributed by atoms with Crippen molar-refractivity contribution in [2.45, 2.75) is 20.5 Å². The Balaban J connectivity index is 2.27. The fraction of sp³-hybridized carbons (Fsp3) is 0.231. The van der Waals surface area contributed by atoms with Crippen molar-refractivity contribution >= 4 is 11.6 Å². The Bertz CT molecular complexity index is 526. The number of aromatic nitrogens is 2. The minimum absolute atomic E-state index is 0.0794. The smallest absolute Gasteiger partial charge is 0.227 e. The highest BCUT2D eigenvalue weighted by molar-refractivity contribution is 5.59. The lowest BCUT2D eigenvalue weighted by Crippen LogP contribution is -2.01. The molecule has 0 spiro atoms. The minimum Gasteiger partial charge on any atom is -0.390 e. The van der Waals surface area contributed by atoms with Crippen LogP contribution in [0.25, 0.3) is 0 Å². The Kier molecular flexibility index (Phi) is 3.35. The molecule has 0 aliphatic rings. The Morgan fingerprint density at radius 3 is 2.82 bits per heavy atom. The number of benzene rings is 1. The summed E-state index contributed by atoms with van der Waals surface area (Å²) in [5.74, 6) is 0.505. The lowest BCUT2D eigenvalue weighted by atomic mass is 10.1. The number of hydrogen-bond donors (Lipinski definition) is 2. The van der Waals surface area contributed by atoms with Gasteiger partial charge in [-0.05, 0) is 37.1 Å². The highest BCUT2D eigenvalue weighted by atomic mass is 16.3. The SMILES string of the molecule is Cc1ccc(C)c(Nc2nccc(CO)n2)c1. The predicted octanol–water partition coefficient (Wildman–Crippen LogP) is 2.33. The van der Waals surface area contributed by atoms with E-state index in [1.54, 1.807) is 12.3 Å². The van der Waals surface area contributed by atoms with E-state index < -0.39 is 0 Å². The zero-order chi connectivity index (χ0) is 12.3. The summed E-state index contributed by atoms with van der Waals surface area (Å²) in [4.78, 5) is 8.31. The molecule has 2 aromatic rings. The molecule has 1 heterocycles. The van der Waals surface area contributed by atoms with Crippen molar-refractivity contribution in [2.24, 2.45) is 0 Å². The van der Waals surface area contributed by atoms with Gasteiger partial charge in [-0.3, -0.25) is 0 Å². The Morgan fingerprint density at radius 2 is 2.06 bits per heavy atom. The maximum absolute atomic E-state index is 9.01. The second kappa shape index (κ2) is 4.93. The molecule has 0 fully saturated rings. The van der Waals surface area contributed by atoms with E-state index in [0.29, 0.717) is 11.6 Å². The van der Waals surface area contributed by atoms with Gasteiger partial charge in [0.2, 0.25) is 5.95 Å². The molecule has 0 aliphatic heterocycles. The lowest BCUT2D eigenvalue weighted by molar-refractivity contribution is 0.277. The standard InChI is InChI=1S/C13H15N3O/c1-9-3-4-10(2)12(7-9)16-13-14-6-5-11(8-17)15-13/h3-7,17H,8H2,1-2H3,(H,14,15,16). The first kappa shape index (κ1) is 11.5. The summed E-state index contributed by atoms with van der Waals surface area (Å²) in [6.07, 6.45) is 1.63. The van der Waals surface area contributed by atoms with Crippen LogP contribution in [0.3, 0.4) is 0 Å². The molecule has 0 aliphatic carbocycles. The molecule has 0 unspecified atom stereocenters. The highest BCUT2D eigenvalue weighted by Crippen LogP contribution is 2.19. The van der Waals surface area contributed by atoms with Crippen molar-refractivity contribution in [3.05, 3.63) is 47.3 Å². The van der Waals surface area contributed by atoms with E-state index in [1.807, 2.05) is 26.0 Å². The largest absolute Gasteiger partial charge is 0.390 e. The average molecular weight is 229 g/mol. The van der Waals surface area contributed by atoms with E-state index >= 15 is 0 Å². The van der Waals surface area contributed by atoms with Crippen LogP contribution in [0.4, 0.5) is 11.6 Å². The van der Waals surface area contributed by atoms with Gasteiger partial charge in [0.1, 0.15) is 0 Å². The first-order chi connectivity index (χ1) is 8.19. The van der Waals surface area contributed by atoms with Crippen LogP contribution in [0.1, 0.15) is 16.8 Å². The van der Waals surface area contributed by atoms with Crippen LogP contribution in [0.2, 0.25) is 0 Å². The van der Waals surface area contributed by atoms with Crippen molar-refractivity contribution in [2.75, 3.05) is 5.32 Å². The van der Waals surface area contributed by atoms with E-state index in [-0.39, 0.29) is 6.61 Å². The van der Waals surface area contributed by atoms with E-state index in [9.17, 15) is 0 Å². The van der Waals surface area contributed by atoms with Gasteiger partial charge in [-0.15, -0.1) is 0 Å². The molecule has 4 heteroatoms. The first-order valence-electron chi connectivity index (χ1n) is 5.46. The number of aryl methyl sites for hydroxylation is 2. The van der Waals surface area contributed by atoms with Gasteiger partial charge in [-0.25, -0.2) is 9.97 Å². The minimum atomic E-state index is -0.0794. The van der Waals surface area contributed by atoms with E-state index in [0.717, 1.165) is 11.3 Å². The maximum atomic E-state index is 9.01. The van der Waals surface area contributed by atoms with Crippen molar-refractivity contribution in [1.82, 2.24) is 9.97 Å². The number of aliphatic hydroxyl groups excluding tert-OH is 1. The summed E-state index contributed by atoms with van der Waals surface area (Å²) in [5, 5.41) is 12.2. The number of nitrogens with zero attached hydrogens (tertiary/aromatic N) is 2. The molecule has 0 radical (unpaired) electrons. The lowest BCUT2D eigenvalue weighted by Gasteiger charge is -2.09. The van der Waals surface area contributed by atoms with Crippen molar-refractivity contribution < 1.29 is 5.11 Å². The van der Waals surface area contributed by atoms with Gasteiger partial charge >= 0.3 is 0 Å². The molecular weight excluding hydrogens is 214 g/mol. The third kappa shape index (κ3) is 2.79. The quantitative estimate of drug-likeness (QED) is 0.848. The summed E-state index contributed by atoms with van der Waals surface area (Å²) in [7, 11) is 0. The molecule has 17 heavy (non-hydrogen) atoms. The van der Waals surface area contributed by atoms with Crippen LogP contribution >= 0.6 is 0 Å². The summed E-state index contributed by atoms with van der Waals surface area (Å²) in [5.41, 5.74) is 3.90. The fourth-order valence-electron chi connectivity index (χ4n) is 1.54. The zero-order valence-corrected chi connectivity index (χ0v) is 9.94. The number of rotatable bonds is 3. The van der Waals surface area contributed by atoms with Crippen LogP contribution in [-0.2, 0) is 6.61 Å². The Hall–Kier alpha value is -1.94. The molecule has 0 atom stereocenters. The van der Waals surface area contributed by atoms with Crippen LogP contribution in [0.5, 0.6) is 0 Å². The molecular formula is C13H15N3O.